The normalized spacial score (nSPS) is 13.6. The minimum atomic E-state index is -3.43. The van der Waals surface area contributed by atoms with Crippen molar-refractivity contribution in [1.82, 2.24) is 4.31 Å². The highest BCUT2D eigenvalue weighted by molar-refractivity contribution is 7.91. The van der Waals surface area contributed by atoms with Crippen molar-refractivity contribution < 1.29 is 8.42 Å². The zero-order chi connectivity index (χ0) is 13.9. The van der Waals surface area contributed by atoms with Gasteiger partial charge in [0.05, 0.1) is 4.34 Å². The van der Waals surface area contributed by atoms with E-state index in [2.05, 4.69) is 0 Å². The van der Waals surface area contributed by atoms with E-state index < -0.39 is 10.0 Å². The van der Waals surface area contributed by atoms with Gasteiger partial charge in [-0.05, 0) is 24.5 Å². The quantitative estimate of drug-likeness (QED) is 0.861. The number of hydrogen-bond acceptors (Lipinski definition) is 4. The van der Waals surface area contributed by atoms with Crippen molar-refractivity contribution in [3.8, 4) is 0 Å². The SMILES string of the molecule is CC(C)C(N)CCN(C)S(=O)(=O)c1ccc(Cl)s1.Cl. The Bertz CT molecular complexity index is 489. The van der Waals surface area contributed by atoms with Crippen LogP contribution in [-0.2, 0) is 10.0 Å². The molecule has 0 aliphatic rings. The Kier molecular flexibility index (Phi) is 7.87. The highest BCUT2D eigenvalue weighted by Crippen LogP contribution is 2.27. The van der Waals surface area contributed by atoms with Crippen LogP contribution in [0.5, 0.6) is 0 Å². The fourth-order valence-electron chi connectivity index (χ4n) is 1.37. The second-order valence-corrected chi connectivity index (χ2v) is 8.57. The summed E-state index contributed by atoms with van der Waals surface area (Å²) in [4.78, 5) is 0. The van der Waals surface area contributed by atoms with Crippen LogP contribution in [0.2, 0.25) is 4.34 Å². The van der Waals surface area contributed by atoms with Gasteiger partial charge in [0.15, 0.2) is 0 Å². The van der Waals surface area contributed by atoms with Gasteiger partial charge in [0.25, 0.3) is 10.0 Å². The highest BCUT2D eigenvalue weighted by atomic mass is 35.5. The molecule has 0 amide bonds. The van der Waals surface area contributed by atoms with Crippen molar-refractivity contribution >= 4 is 45.4 Å². The summed E-state index contributed by atoms with van der Waals surface area (Å²) in [5.74, 6) is 0.345. The first-order valence-corrected chi connectivity index (χ1v) is 8.36. The number of rotatable bonds is 6. The first kappa shape index (κ1) is 19.1. The summed E-state index contributed by atoms with van der Waals surface area (Å²) < 4.78 is 26.4. The van der Waals surface area contributed by atoms with Crippen LogP contribution in [-0.4, -0.2) is 32.4 Å². The van der Waals surface area contributed by atoms with Crippen molar-refractivity contribution in [2.24, 2.45) is 11.7 Å². The lowest BCUT2D eigenvalue weighted by atomic mass is 10.0. The summed E-state index contributed by atoms with van der Waals surface area (Å²) in [5, 5.41) is 0. The van der Waals surface area contributed by atoms with E-state index in [9.17, 15) is 8.42 Å². The maximum absolute atomic E-state index is 12.2. The van der Waals surface area contributed by atoms with E-state index >= 15 is 0 Å². The molecule has 0 spiro atoms. The molecule has 4 nitrogen and oxygen atoms in total. The van der Waals surface area contributed by atoms with Gasteiger partial charge in [-0.2, -0.15) is 0 Å². The molecule has 2 N–H and O–H groups in total. The lowest BCUT2D eigenvalue weighted by Gasteiger charge is -2.20. The summed E-state index contributed by atoms with van der Waals surface area (Å²) in [6.07, 6.45) is 0.645. The van der Waals surface area contributed by atoms with E-state index in [1.54, 1.807) is 13.1 Å². The Morgan fingerprint density at radius 2 is 2.00 bits per heavy atom. The third-order valence-corrected chi connectivity index (χ3v) is 6.40. The molecule has 0 aromatic carbocycles. The lowest BCUT2D eigenvalue weighted by molar-refractivity contribution is 0.398. The molecule has 112 valence electrons. The van der Waals surface area contributed by atoms with Crippen molar-refractivity contribution in [1.29, 1.82) is 0 Å². The topological polar surface area (TPSA) is 63.4 Å². The Balaban J connectivity index is 0.00000324. The van der Waals surface area contributed by atoms with Crippen LogP contribution in [0.25, 0.3) is 0 Å². The van der Waals surface area contributed by atoms with Gasteiger partial charge in [0.2, 0.25) is 0 Å². The first-order valence-electron chi connectivity index (χ1n) is 5.72. The van der Waals surface area contributed by atoms with Crippen LogP contribution in [0.3, 0.4) is 0 Å². The molecule has 0 aliphatic carbocycles. The van der Waals surface area contributed by atoms with Crippen molar-refractivity contribution in [3.63, 3.8) is 0 Å². The summed E-state index contributed by atoms with van der Waals surface area (Å²) in [7, 11) is -1.86. The molecule has 1 rings (SSSR count). The van der Waals surface area contributed by atoms with Gasteiger partial charge in [-0.15, -0.1) is 23.7 Å². The molecule has 0 saturated heterocycles. The summed E-state index contributed by atoms with van der Waals surface area (Å²) in [6.45, 7) is 4.47. The second kappa shape index (κ2) is 7.81. The number of nitrogens with two attached hydrogens (primary N) is 1. The average Bonchev–Trinajstić information content (AvgIpc) is 2.72. The fraction of sp³-hybridized carbons (Fsp3) is 0.636. The van der Waals surface area contributed by atoms with Crippen molar-refractivity contribution in [3.05, 3.63) is 16.5 Å². The maximum atomic E-state index is 12.2. The summed E-state index contributed by atoms with van der Waals surface area (Å²) in [5.41, 5.74) is 5.91. The minimum Gasteiger partial charge on any atom is -0.327 e. The van der Waals surface area contributed by atoms with Gasteiger partial charge in [0.1, 0.15) is 4.21 Å². The summed E-state index contributed by atoms with van der Waals surface area (Å²) >= 11 is 6.82. The molecule has 1 aromatic rings. The number of sulfonamides is 1. The van der Waals surface area contributed by atoms with Crippen LogP contribution >= 0.6 is 35.3 Å². The maximum Gasteiger partial charge on any atom is 0.252 e. The van der Waals surface area contributed by atoms with E-state index in [0.717, 1.165) is 11.3 Å². The zero-order valence-electron chi connectivity index (χ0n) is 11.2. The lowest BCUT2D eigenvalue weighted by Crippen LogP contribution is -2.34. The average molecular weight is 347 g/mol. The Labute approximate surface area is 130 Å². The predicted octanol–water partition coefficient (Wildman–Crippen LogP) is 2.82. The zero-order valence-corrected chi connectivity index (χ0v) is 14.4. The van der Waals surface area contributed by atoms with Crippen LogP contribution in [0.4, 0.5) is 0 Å². The standard InChI is InChI=1S/C11H19ClN2O2S2.ClH/c1-8(2)9(13)6-7-14(3)18(15,16)11-5-4-10(12)17-11;/h4-5,8-9H,6-7,13H2,1-3H3;1H. The Morgan fingerprint density at radius 1 is 1.42 bits per heavy atom. The van der Waals surface area contributed by atoms with Gasteiger partial charge in [-0.25, -0.2) is 12.7 Å². The van der Waals surface area contributed by atoms with Gasteiger partial charge in [-0.1, -0.05) is 25.4 Å². The molecular weight excluding hydrogens is 327 g/mol. The minimum absolute atomic E-state index is 0. The van der Waals surface area contributed by atoms with E-state index in [0.29, 0.717) is 23.2 Å². The molecule has 1 atom stereocenters. The van der Waals surface area contributed by atoms with Gasteiger partial charge < -0.3 is 5.73 Å². The van der Waals surface area contributed by atoms with Crippen molar-refractivity contribution in [2.45, 2.75) is 30.5 Å². The van der Waals surface area contributed by atoms with Gasteiger partial charge >= 0.3 is 0 Å². The fourth-order valence-corrected chi connectivity index (χ4v) is 4.25. The van der Waals surface area contributed by atoms with Gasteiger partial charge in [0, 0.05) is 19.6 Å². The smallest absolute Gasteiger partial charge is 0.252 e. The van der Waals surface area contributed by atoms with Crippen LogP contribution in [0, 0.1) is 5.92 Å². The van der Waals surface area contributed by atoms with Crippen LogP contribution < -0.4 is 5.73 Å². The van der Waals surface area contributed by atoms with Crippen LogP contribution in [0.15, 0.2) is 16.3 Å². The third-order valence-electron chi connectivity index (χ3n) is 2.85. The predicted molar refractivity (Wildman–Crippen MR) is 83.8 cm³/mol. The second-order valence-electron chi connectivity index (χ2n) is 4.58. The van der Waals surface area contributed by atoms with E-state index in [1.807, 2.05) is 13.8 Å². The van der Waals surface area contributed by atoms with Crippen molar-refractivity contribution in [2.75, 3.05) is 13.6 Å². The molecule has 0 radical (unpaired) electrons. The molecule has 19 heavy (non-hydrogen) atoms. The molecule has 0 bridgehead atoms. The molecule has 0 fully saturated rings. The van der Waals surface area contributed by atoms with E-state index in [1.165, 1.54) is 10.4 Å². The highest BCUT2D eigenvalue weighted by Gasteiger charge is 2.23. The molecule has 8 heteroatoms. The Hall–Kier alpha value is 0.150. The van der Waals surface area contributed by atoms with E-state index in [4.69, 9.17) is 17.3 Å². The first-order chi connectivity index (χ1) is 8.25. The summed E-state index contributed by atoms with van der Waals surface area (Å²) in [6, 6.07) is 3.13. The molecule has 0 aliphatic heterocycles. The number of hydrogen-bond donors (Lipinski definition) is 1. The molecule has 1 unspecified atom stereocenters. The largest absolute Gasteiger partial charge is 0.327 e. The monoisotopic (exact) mass is 346 g/mol. The third kappa shape index (κ3) is 5.21. The molecule has 0 saturated carbocycles. The number of halogens is 2. The molecule has 1 heterocycles. The van der Waals surface area contributed by atoms with Crippen LogP contribution in [0.1, 0.15) is 20.3 Å². The van der Waals surface area contributed by atoms with E-state index in [-0.39, 0.29) is 22.7 Å². The Morgan fingerprint density at radius 3 is 2.42 bits per heavy atom. The number of nitrogens with zero attached hydrogens (tertiary/aromatic N) is 1. The number of thiophene rings is 1. The molecule has 1 aromatic heterocycles. The molecular formula is C11H20Cl2N2O2S2. The van der Waals surface area contributed by atoms with Gasteiger partial charge in [-0.3, -0.25) is 0 Å².